The van der Waals surface area contributed by atoms with Crippen LogP contribution in [-0.2, 0) is 16.1 Å². The highest BCUT2D eigenvalue weighted by atomic mass is 32.2. The fraction of sp³-hybridized carbons (Fsp3) is 0.105. The van der Waals surface area contributed by atoms with Crippen molar-refractivity contribution in [3.63, 3.8) is 0 Å². The zero-order chi connectivity index (χ0) is 20.3. The lowest BCUT2D eigenvalue weighted by Gasteiger charge is -2.12. The van der Waals surface area contributed by atoms with E-state index in [4.69, 9.17) is 0 Å². The Morgan fingerprint density at radius 1 is 1.18 bits per heavy atom. The summed E-state index contributed by atoms with van der Waals surface area (Å²) in [4.78, 5) is 47.7. The third-order valence-electron chi connectivity index (χ3n) is 3.92. The van der Waals surface area contributed by atoms with Gasteiger partial charge in [-0.15, -0.1) is 0 Å². The van der Waals surface area contributed by atoms with Gasteiger partial charge in [0.15, 0.2) is 0 Å². The van der Waals surface area contributed by atoms with Gasteiger partial charge in [0.25, 0.3) is 16.8 Å². The van der Waals surface area contributed by atoms with E-state index in [0.717, 1.165) is 16.7 Å². The Kier molecular flexibility index (Phi) is 5.55. The molecule has 3 amide bonds. The summed E-state index contributed by atoms with van der Waals surface area (Å²) in [5, 5.41) is 13.3. The van der Waals surface area contributed by atoms with Crippen LogP contribution >= 0.6 is 11.8 Å². The SMILES string of the molecule is CC(=O)Nc1ccc(/C=C2\SC(=O)N(Cc3ccccc3[N+](=O)[O-])C2=O)cc1. The highest BCUT2D eigenvalue weighted by molar-refractivity contribution is 8.18. The van der Waals surface area contributed by atoms with Crippen LogP contribution in [0.5, 0.6) is 0 Å². The summed E-state index contributed by atoms with van der Waals surface area (Å²) >= 11 is 0.784. The lowest BCUT2D eigenvalue weighted by molar-refractivity contribution is -0.385. The number of carbonyl (C=O) groups is 3. The molecule has 8 nitrogen and oxygen atoms in total. The van der Waals surface area contributed by atoms with Crippen LogP contribution in [0.4, 0.5) is 16.2 Å². The molecule has 1 aliphatic rings. The highest BCUT2D eigenvalue weighted by Gasteiger charge is 2.36. The number of rotatable bonds is 5. The summed E-state index contributed by atoms with van der Waals surface area (Å²) in [5.74, 6) is -0.692. The van der Waals surface area contributed by atoms with Crippen molar-refractivity contribution < 1.29 is 19.3 Å². The van der Waals surface area contributed by atoms with Crippen LogP contribution in [0.1, 0.15) is 18.1 Å². The number of benzene rings is 2. The fourth-order valence-electron chi connectivity index (χ4n) is 2.65. The number of nitrogens with one attached hydrogen (secondary N) is 1. The van der Waals surface area contributed by atoms with Gasteiger partial charge in [0.2, 0.25) is 5.91 Å². The number of thioether (sulfide) groups is 1. The van der Waals surface area contributed by atoms with Crippen molar-refractivity contribution in [3.05, 3.63) is 74.7 Å². The second kappa shape index (κ2) is 8.05. The van der Waals surface area contributed by atoms with Crippen LogP contribution in [0.2, 0.25) is 0 Å². The summed E-state index contributed by atoms with van der Waals surface area (Å²) in [7, 11) is 0. The van der Waals surface area contributed by atoms with Gasteiger partial charge < -0.3 is 5.32 Å². The van der Waals surface area contributed by atoms with Crippen LogP contribution in [0.15, 0.2) is 53.4 Å². The van der Waals surface area contributed by atoms with Crippen LogP contribution in [0, 0.1) is 10.1 Å². The van der Waals surface area contributed by atoms with Crippen LogP contribution in [0.3, 0.4) is 0 Å². The van der Waals surface area contributed by atoms with E-state index in [-0.39, 0.29) is 28.6 Å². The molecular weight excluding hydrogens is 382 g/mol. The van der Waals surface area contributed by atoms with E-state index in [1.165, 1.54) is 25.1 Å². The lowest BCUT2D eigenvalue weighted by Crippen LogP contribution is -2.27. The molecule has 1 N–H and O–H groups in total. The molecule has 0 unspecified atom stereocenters. The smallest absolute Gasteiger partial charge is 0.293 e. The summed E-state index contributed by atoms with van der Waals surface area (Å²) in [6.45, 7) is 1.24. The first-order chi connectivity index (χ1) is 13.3. The van der Waals surface area contributed by atoms with E-state index < -0.39 is 16.1 Å². The molecule has 9 heteroatoms. The Bertz CT molecular complexity index is 1000. The third kappa shape index (κ3) is 4.26. The van der Waals surface area contributed by atoms with Gasteiger partial charge in [-0.3, -0.25) is 29.4 Å². The van der Waals surface area contributed by atoms with E-state index in [0.29, 0.717) is 11.3 Å². The predicted octanol–water partition coefficient (Wildman–Crippen LogP) is 3.79. The Morgan fingerprint density at radius 2 is 1.86 bits per heavy atom. The van der Waals surface area contributed by atoms with E-state index >= 15 is 0 Å². The minimum Gasteiger partial charge on any atom is -0.326 e. The fourth-order valence-corrected chi connectivity index (χ4v) is 3.48. The van der Waals surface area contributed by atoms with Crippen molar-refractivity contribution >= 4 is 46.3 Å². The van der Waals surface area contributed by atoms with Crippen molar-refractivity contribution in [2.45, 2.75) is 13.5 Å². The average Bonchev–Trinajstić information content (AvgIpc) is 2.90. The van der Waals surface area contributed by atoms with Crippen LogP contribution < -0.4 is 5.32 Å². The number of nitrogens with zero attached hydrogens (tertiary/aromatic N) is 2. The number of para-hydroxylation sites is 1. The van der Waals surface area contributed by atoms with Crippen molar-refractivity contribution in [1.82, 2.24) is 4.90 Å². The maximum atomic E-state index is 12.6. The van der Waals surface area contributed by atoms with E-state index in [1.54, 1.807) is 36.4 Å². The number of imide groups is 1. The Morgan fingerprint density at radius 3 is 2.50 bits per heavy atom. The standard InChI is InChI=1S/C19H15N3O5S/c1-12(23)20-15-8-6-13(7-9-15)10-17-18(24)21(19(25)28-17)11-14-4-2-3-5-16(14)22(26)27/h2-10H,11H2,1H3,(H,20,23)/b17-10-. The first-order valence-corrected chi connectivity index (χ1v) is 9.02. The second-order valence-corrected chi connectivity index (χ2v) is 6.95. The van der Waals surface area contributed by atoms with Gasteiger partial charge in [0.05, 0.1) is 16.4 Å². The minimum atomic E-state index is -0.541. The summed E-state index contributed by atoms with van der Waals surface area (Å²) < 4.78 is 0. The summed E-state index contributed by atoms with van der Waals surface area (Å²) in [5.41, 5.74) is 1.45. The number of anilines is 1. The minimum absolute atomic E-state index is 0.140. The maximum Gasteiger partial charge on any atom is 0.293 e. The van der Waals surface area contributed by atoms with Gasteiger partial charge in [0.1, 0.15) is 0 Å². The molecule has 2 aromatic rings. The zero-order valence-electron chi connectivity index (χ0n) is 14.7. The monoisotopic (exact) mass is 397 g/mol. The maximum absolute atomic E-state index is 12.6. The number of hydrogen-bond acceptors (Lipinski definition) is 6. The zero-order valence-corrected chi connectivity index (χ0v) is 15.6. The van der Waals surface area contributed by atoms with E-state index in [9.17, 15) is 24.5 Å². The van der Waals surface area contributed by atoms with Crippen molar-refractivity contribution in [2.24, 2.45) is 0 Å². The molecule has 0 saturated carbocycles. The number of nitro benzene ring substituents is 1. The Balaban J connectivity index is 1.79. The van der Waals surface area contributed by atoms with Crippen molar-refractivity contribution in [2.75, 3.05) is 5.32 Å². The average molecular weight is 397 g/mol. The predicted molar refractivity (Wildman–Crippen MR) is 105 cm³/mol. The molecule has 2 aromatic carbocycles. The molecule has 1 fully saturated rings. The summed E-state index contributed by atoms with van der Waals surface area (Å²) in [6, 6.07) is 12.8. The normalized spacial score (nSPS) is 15.2. The molecule has 1 heterocycles. The molecule has 0 spiro atoms. The van der Waals surface area contributed by atoms with Gasteiger partial charge >= 0.3 is 0 Å². The third-order valence-corrected chi connectivity index (χ3v) is 4.83. The van der Waals surface area contributed by atoms with Gasteiger partial charge in [-0.2, -0.15) is 0 Å². The number of amides is 3. The molecular formula is C19H15N3O5S. The molecule has 0 bridgehead atoms. The van der Waals surface area contributed by atoms with E-state index in [2.05, 4.69) is 5.32 Å². The largest absolute Gasteiger partial charge is 0.326 e. The van der Waals surface area contributed by atoms with Gasteiger partial charge in [-0.25, -0.2) is 0 Å². The molecule has 0 aliphatic carbocycles. The van der Waals surface area contributed by atoms with E-state index in [1.807, 2.05) is 0 Å². The molecule has 1 aliphatic heterocycles. The molecule has 0 atom stereocenters. The van der Waals surface area contributed by atoms with Crippen LogP contribution in [-0.4, -0.2) is 26.9 Å². The number of carbonyl (C=O) groups excluding carboxylic acids is 3. The van der Waals surface area contributed by atoms with Gasteiger partial charge in [-0.1, -0.05) is 30.3 Å². The quantitative estimate of drug-likeness (QED) is 0.467. The Hall–Kier alpha value is -3.46. The van der Waals surface area contributed by atoms with Crippen LogP contribution in [0.25, 0.3) is 6.08 Å². The summed E-state index contributed by atoms with van der Waals surface area (Å²) in [6.07, 6.45) is 1.57. The lowest BCUT2D eigenvalue weighted by atomic mass is 10.1. The molecule has 0 radical (unpaired) electrons. The molecule has 1 saturated heterocycles. The molecule has 28 heavy (non-hydrogen) atoms. The first kappa shape index (κ1) is 19.3. The molecule has 142 valence electrons. The highest BCUT2D eigenvalue weighted by Crippen LogP contribution is 2.34. The molecule has 3 rings (SSSR count). The van der Waals surface area contributed by atoms with Gasteiger partial charge in [0, 0.05) is 24.2 Å². The first-order valence-electron chi connectivity index (χ1n) is 8.20. The topological polar surface area (TPSA) is 110 Å². The van der Waals surface area contributed by atoms with Gasteiger partial charge in [-0.05, 0) is 35.5 Å². The Labute approximate surface area is 164 Å². The molecule has 0 aromatic heterocycles. The number of nitro groups is 1. The van der Waals surface area contributed by atoms with Crippen molar-refractivity contribution in [3.8, 4) is 0 Å². The van der Waals surface area contributed by atoms with Crippen molar-refractivity contribution in [1.29, 1.82) is 0 Å². The second-order valence-electron chi connectivity index (χ2n) is 5.96. The number of hydrogen-bond donors (Lipinski definition) is 1.